The average Bonchev–Trinajstić information content (AvgIpc) is 3.11. The van der Waals surface area contributed by atoms with Crippen molar-refractivity contribution in [2.24, 2.45) is 11.5 Å². The van der Waals surface area contributed by atoms with Crippen LogP contribution in [-0.4, -0.2) is 54.2 Å². The highest BCUT2D eigenvalue weighted by atomic mass is 35.5. The molecule has 0 unspecified atom stereocenters. The van der Waals surface area contributed by atoms with Gasteiger partial charge in [-0.25, -0.2) is 0 Å². The maximum Gasteiger partial charge on any atom is 0.310 e. The number of ether oxygens (including phenoxy) is 2. The zero-order chi connectivity index (χ0) is 22.4. The molecule has 1 heterocycles. The van der Waals surface area contributed by atoms with Gasteiger partial charge in [0.2, 0.25) is 0 Å². The number of nitrogens with two attached hydrogens (primary N) is 2. The first-order chi connectivity index (χ1) is 14.9. The summed E-state index contributed by atoms with van der Waals surface area (Å²) in [4.78, 5) is 15.8. The van der Waals surface area contributed by atoms with Gasteiger partial charge >= 0.3 is 5.97 Å². The molecule has 178 valence electrons. The zero-order valence-corrected chi connectivity index (χ0v) is 19.4. The standard InChI is InChI=1S/C22H25N5O4.2ClH/c23-21(24)14-3-1-13(2-4-14)20-17(12-19(29)31-10-9-30-8-7-28)16-6-5-15(22(25)26)11-18(16)27-20;;/h1-6,11,27-28H,7-10,12H2,(H3,23,24)(H3,25,26);2*1H. The van der Waals surface area contributed by atoms with E-state index in [2.05, 4.69) is 4.98 Å². The van der Waals surface area contributed by atoms with Crippen molar-refractivity contribution in [3.05, 3.63) is 59.2 Å². The molecule has 0 bridgehead atoms. The van der Waals surface area contributed by atoms with E-state index in [-0.39, 0.29) is 69.3 Å². The first-order valence-electron chi connectivity index (χ1n) is 9.68. The van der Waals surface area contributed by atoms with Gasteiger partial charge in [-0.05, 0) is 17.2 Å². The molecule has 1 aromatic heterocycles. The van der Waals surface area contributed by atoms with Crippen LogP contribution in [0.1, 0.15) is 16.7 Å². The van der Waals surface area contributed by atoms with Crippen LogP contribution < -0.4 is 11.5 Å². The number of rotatable bonds is 10. The minimum atomic E-state index is -0.411. The number of aliphatic hydroxyl groups excluding tert-OH is 1. The van der Waals surface area contributed by atoms with Crippen molar-refractivity contribution in [2.75, 3.05) is 26.4 Å². The summed E-state index contributed by atoms with van der Waals surface area (Å²) in [5, 5.41) is 24.8. The van der Waals surface area contributed by atoms with Crippen molar-refractivity contribution < 1.29 is 19.4 Å². The third-order valence-corrected chi connectivity index (χ3v) is 4.75. The second-order valence-electron chi connectivity index (χ2n) is 6.88. The van der Waals surface area contributed by atoms with Crippen molar-refractivity contribution in [3.8, 4) is 11.3 Å². The normalized spacial score (nSPS) is 10.2. The third kappa shape index (κ3) is 6.93. The molecule has 0 amide bonds. The van der Waals surface area contributed by atoms with Gasteiger partial charge in [0, 0.05) is 22.0 Å². The number of fused-ring (bicyclic) bond motifs is 1. The fourth-order valence-electron chi connectivity index (χ4n) is 3.25. The predicted molar refractivity (Wildman–Crippen MR) is 133 cm³/mol. The first kappa shape index (κ1) is 27.9. The van der Waals surface area contributed by atoms with Gasteiger partial charge in [0.15, 0.2) is 0 Å². The molecule has 33 heavy (non-hydrogen) atoms. The molecule has 0 fully saturated rings. The quantitative estimate of drug-likeness (QED) is 0.109. The lowest BCUT2D eigenvalue weighted by Gasteiger charge is -2.08. The summed E-state index contributed by atoms with van der Waals surface area (Å²) < 4.78 is 10.4. The van der Waals surface area contributed by atoms with Gasteiger partial charge in [-0.15, -0.1) is 24.8 Å². The number of hydrogen-bond donors (Lipinski definition) is 6. The maximum atomic E-state index is 12.4. The van der Waals surface area contributed by atoms with Gasteiger partial charge in [0.05, 0.1) is 31.9 Å². The monoisotopic (exact) mass is 495 g/mol. The molecular weight excluding hydrogens is 469 g/mol. The molecule has 0 atom stereocenters. The highest BCUT2D eigenvalue weighted by Gasteiger charge is 2.18. The molecule has 8 N–H and O–H groups in total. The number of amidine groups is 2. The van der Waals surface area contributed by atoms with E-state index < -0.39 is 5.97 Å². The van der Waals surface area contributed by atoms with E-state index in [1.165, 1.54) is 0 Å². The number of nitrogen functional groups attached to an aromatic ring is 2. The molecule has 11 heteroatoms. The summed E-state index contributed by atoms with van der Waals surface area (Å²) in [7, 11) is 0. The molecule has 9 nitrogen and oxygen atoms in total. The SMILES string of the molecule is Cl.Cl.N=C(N)c1ccc(-c2[nH]c3cc(C(=N)N)ccc3c2CC(=O)OCCOCCO)cc1. The van der Waals surface area contributed by atoms with Crippen molar-refractivity contribution in [3.63, 3.8) is 0 Å². The summed E-state index contributed by atoms with van der Waals surface area (Å²) in [6.45, 7) is 0.413. The van der Waals surface area contributed by atoms with E-state index >= 15 is 0 Å². The number of aliphatic hydroxyl groups is 1. The van der Waals surface area contributed by atoms with E-state index in [0.717, 1.165) is 27.7 Å². The molecule has 2 aromatic carbocycles. The highest BCUT2D eigenvalue weighted by Crippen LogP contribution is 2.32. The molecule has 0 aliphatic rings. The fourth-order valence-corrected chi connectivity index (χ4v) is 3.25. The Balaban J connectivity index is 0.00000272. The summed E-state index contributed by atoms with van der Waals surface area (Å²) in [6, 6.07) is 12.5. The van der Waals surface area contributed by atoms with Crippen molar-refractivity contribution >= 4 is 53.4 Å². The summed E-state index contributed by atoms with van der Waals surface area (Å²) >= 11 is 0. The Morgan fingerprint density at radius 1 is 0.939 bits per heavy atom. The number of carbonyl (C=O) groups excluding carboxylic acids is 1. The molecule has 0 aliphatic heterocycles. The number of benzene rings is 2. The smallest absolute Gasteiger partial charge is 0.310 e. The Hall–Kier alpha value is -3.11. The molecule has 0 saturated heterocycles. The summed E-state index contributed by atoms with van der Waals surface area (Å²) in [5.41, 5.74) is 15.4. The maximum absolute atomic E-state index is 12.4. The largest absolute Gasteiger partial charge is 0.463 e. The van der Waals surface area contributed by atoms with Crippen molar-refractivity contribution in [1.29, 1.82) is 10.8 Å². The van der Waals surface area contributed by atoms with Gasteiger partial charge in [-0.3, -0.25) is 15.6 Å². The van der Waals surface area contributed by atoms with Crippen LogP contribution in [0.15, 0.2) is 42.5 Å². The molecule has 0 aliphatic carbocycles. The second-order valence-corrected chi connectivity index (χ2v) is 6.88. The van der Waals surface area contributed by atoms with Crippen LogP contribution >= 0.6 is 24.8 Å². The van der Waals surface area contributed by atoms with Gasteiger partial charge in [0.1, 0.15) is 18.3 Å². The highest BCUT2D eigenvalue weighted by molar-refractivity contribution is 6.01. The molecular formula is C22H27Cl2N5O4. The Labute approximate surface area is 203 Å². The van der Waals surface area contributed by atoms with Crippen molar-refractivity contribution in [2.45, 2.75) is 6.42 Å². The van der Waals surface area contributed by atoms with Gasteiger partial charge in [-0.1, -0.05) is 36.4 Å². The van der Waals surface area contributed by atoms with Gasteiger partial charge in [-0.2, -0.15) is 0 Å². The second kappa shape index (κ2) is 12.8. The van der Waals surface area contributed by atoms with E-state index in [1.54, 1.807) is 24.3 Å². The number of esters is 1. The van der Waals surface area contributed by atoms with Gasteiger partial charge < -0.3 is 31.0 Å². The van der Waals surface area contributed by atoms with E-state index in [0.29, 0.717) is 11.1 Å². The Morgan fingerprint density at radius 2 is 1.58 bits per heavy atom. The van der Waals surface area contributed by atoms with Crippen LogP contribution in [0.5, 0.6) is 0 Å². The number of aromatic amines is 1. The number of hydrogen-bond acceptors (Lipinski definition) is 6. The number of halogens is 2. The zero-order valence-electron chi connectivity index (χ0n) is 17.7. The van der Waals surface area contributed by atoms with Crippen LogP contribution in [0.3, 0.4) is 0 Å². The third-order valence-electron chi connectivity index (χ3n) is 4.75. The van der Waals surface area contributed by atoms with Crippen LogP contribution in [0.25, 0.3) is 22.2 Å². The lowest BCUT2D eigenvalue weighted by molar-refractivity contribution is -0.144. The average molecular weight is 496 g/mol. The Kier molecular flexibility index (Phi) is 10.8. The molecule has 3 rings (SSSR count). The van der Waals surface area contributed by atoms with Crippen molar-refractivity contribution in [1.82, 2.24) is 4.98 Å². The van der Waals surface area contributed by atoms with E-state index in [1.807, 2.05) is 18.2 Å². The first-order valence-corrected chi connectivity index (χ1v) is 9.68. The summed E-state index contributed by atoms with van der Waals surface area (Å²) in [5.74, 6) is -0.486. The van der Waals surface area contributed by atoms with Crippen LogP contribution in [0, 0.1) is 10.8 Å². The fraction of sp³-hybridized carbons (Fsp3) is 0.227. The molecule has 3 aromatic rings. The number of H-pyrrole nitrogens is 1. The number of nitrogens with one attached hydrogen (secondary N) is 3. The molecule has 0 spiro atoms. The number of aromatic nitrogens is 1. The number of carbonyl (C=O) groups is 1. The lowest BCUT2D eigenvalue weighted by atomic mass is 10.0. The minimum absolute atomic E-state index is 0. The molecule has 0 saturated carbocycles. The lowest BCUT2D eigenvalue weighted by Crippen LogP contribution is -2.14. The van der Waals surface area contributed by atoms with E-state index in [4.69, 9.17) is 36.9 Å². The van der Waals surface area contributed by atoms with Crippen LogP contribution in [0.2, 0.25) is 0 Å². The topological polar surface area (TPSA) is 171 Å². The predicted octanol–water partition coefficient (Wildman–Crippen LogP) is 2.34. The van der Waals surface area contributed by atoms with Gasteiger partial charge in [0.25, 0.3) is 0 Å². The van der Waals surface area contributed by atoms with Crippen LogP contribution in [0.4, 0.5) is 0 Å². The summed E-state index contributed by atoms with van der Waals surface area (Å²) in [6.07, 6.45) is 0.0310. The molecule has 0 radical (unpaired) electrons. The Bertz CT molecular complexity index is 1120. The van der Waals surface area contributed by atoms with E-state index in [9.17, 15) is 4.79 Å². The van der Waals surface area contributed by atoms with Crippen LogP contribution in [-0.2, 0) is 20.7 Å². The minimum Gasteiger partial charge on any atom is -0.463 e. The Morgan fingerprint density at radius 3 is 2.18 bits per heavy atom.